The zero-order valence-electron chi connectivity index (χ0n) is 22.4. The lowest BCUT2D eigenvalue weighted by Gasteiger charge is -2.32. The minimum Gasteiger partial charge on any atom is -0.361 e. The number of aryl methyl sites for hydroxylation is 1. The third kappa shape index (κ3) is 4.78. The number of rotatable bonds is 7. The van der Waals surface area contributed by atoms with E-state index in [1.807, 2.05) is 28.8 Å². The van der Waals surface area contributed by atoms with Gasteiger partial charge in [0.1, 0.15) is 0 Å². The first-order valence-corrected chi connectivity index (χ1v) is 14.3. The van der Waals surface area contributed by atoms with Crippen molar-refractivity contribution in [3.8, 4) is 11.1 Å². The molecule has 0 radical (unpaired) electrons. The fourth-order valence-electron chi connectivity index (χ4n) is 6.55. The second-order valence-electron chi connectivity index (χ2n) is 11.2. The van der Waals surface area contributed by atoms with E-state index in [-0.39, 0.29) is 11.2 Å². The van der Waals surface area contributed by atoms with Gasteiger partial charge in [-0.1, -0.05) is 48.0 Å². The molecule has 0 amide bonds. The summed E-state index contributed by atoms with van der Waals surface area (Å²) in [7, 11) is 0. The smallest absolute Gasteiger partial charge is 0.331 e. The molecule has 6 nitrogen and oxygen atoms in total. The number of para-hydroxylation sites is 1. The number of unbranched alkanes of at least 4 members (excludes halogenated alkanes) is 1. The van der Waals surface area contributed by atoms with E-state index >= 15 is 0 Å². The number of nitrogens with one attached hydrogen (secondary N) is 1. The number of likely N-dealkylation sites (tertiary alicyclic amines) is 1. The Labute approximate surface area is 223 Å². The number of H-pyrrole nitrogens is 1. The van der Waals surface area contributed by atoms with E-state index in [9.17, 15) is 9.59 Å². The quantitative estimate of drug-likeness (QED) is 0.336. The Morgan fingerprint density at radius 3 is 2.61 bits per heavy atom. The summed E-state index contributed by atoms with van der Waals surface area (Å²) in [6, 6.07) is 16.7. The molecule has 6 heteroatoms. The van der Waals surface area contributed by atoms with Crippen molar-refractivity contribution in [2.24, 2.45) is 0 Å². The first-order valence-electron chi connectivity index (χ1n) is 14.3. The number of nitrogens with zero attached hydrogens (tertiary/aromatic N) is 3. The van der Waals surface area contributed by atoms with Crippen molar-refractivity contribution in [1.29, 1.82) is 0 Å². The van der Waals surface area contributed by atoms with Crippen LogP contribution in [0.15, 0.2) is 64.3 Å². The van der Waals surface area contributed by atoms with Crippen LogP contribution in [0.3, 0.4) is 0 Å². The SMILES string of the molecule is Cc1ccc(-c2c3n(c(=O)n(CCCCN4CCCC(c5c[nH]c6ccccc56)C4)c2=O)CCCC3)cc1. The van der Waals surface area contributed by atoms with Crippen molar-refractivity contribution < 1.29 is 0 Å². The highest BCUT2D eigenvalue weighted by Gasteiger charge is 2.24. The minimum atomic E-state index is -0.127. The molecule has 1 unspecified atom stereocenters. The van der Waals surface area contributed by atoms with Gasteiger partial charge in [0.15, 0.2) is 0 Å². The summed E-state index contributed by atoms with van der Waals surface area (Å²) in [5.41, 5.74) is 6.14. The van der Waals surface area contributed by atoms with E-state index in [1.165, 1.54) is 39.4 Å². The third-order valence-electron chi connectivity index (χ3n) is 8.59. The fourth-order valence-corrected chi connectivity index (χ4v) is 6.55. The Bertz CT molecular complexity index is 1540. The predicted octanol–water partition coefficient (Wildman–Crippen LogP) is 5.46. The van der Waals surface area contributed by atoms with Gasteiger partial charge < -0.3 is 9.88 Å². The first-order chi connectivity index (χ1) is 18.6. The van der Waals surface area contributed by atoms with Gasteiger partial charge in [0.05, 0.1) is 5.56 Å². The minimum absolute atomic E-state index is 0.121. The Hall–Kier alpha value is -3.38. The second kappa shape index (κ2) is 10.8. The van der Waals surface area contributed by atoms with Gasteiger partial charge in [0, 0.05) is 42.4 Å². The molecule has 2 aliphatic heterocycles. The Morgan fingerprint density at radius 1 is 0.921 bits per heavy atom. The molecule has 1 N–H and O–H groups in total. The first kappa shape index (κ1) is 24.9. The number of hydrogen-bond acceptors (Lipinski definition) is 3. The molecule has 2 aliphatic rings. The van der Waals surface area contributed by atoms with Crippen molar-refractivity contribution in [3.05, 3.63) is 92.4 Å². The molecule has 1 fully saturated rings. The number of aromatic amines is 1. The summed E-state index contributed by atoms with van der Waals surface area (Å²) < 4.78 is 3.38. The van der Waals surface area contributed by atoms with Crippen molar-refractivity contribution in [2.45, 2.75) is 70.9 Å². The highest BCUT2D eigenvalue weighted by molar-refractivity contribution is 5.83. The van der Waals surface area contributed by atoms with Gasteiger partial charge in [0.2, 0.25) is 0 Å². The summed E-state index contributed by atoms with van der Waals surface area (Å²) in [5, 5.41) is 1.34. The zero-order chi connectivity index (χ0) is 26.1. The molecule has 6 rings (SSSR count). The molecule has 1 saturated heterocycles. The van der Waals surface area contributed by atoms with Crippen LogP contribution in [0.1, 0.15) is 61.3 Å². The summed E-state index contributed by atoms with van der Waals surface area (Å²) in [6.45, 7) is 6.44. The average molecular weight is 511 g/mol. The van der Waals surface area contributed by atoms with Crippen molar-refractivity contribution >= 4 is 10.9 Å². The maximum atomic E-state index is 13.7. The Morgan fingerprint density at radius 2 is 1.74 bits per heavy atom. The molecule has 0 spiro atoms. The average Bonchev–Trinajstić information content (AvgIpc) is 3.38. The monoisotopic (exact) mass is 510 g/mol. The largest absolute Gasteiger partial charge is 0.361 e. The highest BCUT2D eigenvalue weighted by atomic mass is 16.2. The summed E-state index contributed by atoms with van der Waals surface area (Å²) in [5.74, 6) is 0.546. The van der Waals surface area contributed by atoms with Gasteiger partial charge >= 0.3 is 5.69 Å². The van der Waals surface area contributed by atoms with E-state index in [1.54, 1.807) is 0 Å². The Kier molecular flexibility index (Phi) is 7.07. The van der Waals surface area contributed by atoms with E-state index in [4.69, 9.17) is 0 Å². The van der Waals surface area contributed by atoms with E-state index in [2.05, 4.69) is 47.3 Å². The topological polar surface area (TPSA) is 63.0 Å². The van der Waals surface area contributed by atoms with Crippen molar-refractivity contribution in [1.82, 2.24) is 19.0 Å². The van der Waals surface area contributed by atoms with Crippen LogP contribution in [0.4, 0.5) is 0 Å². The lowest BCUT2D eigenvalue weighted by atomic mass is 9.90. The molecule has 1 atom stereocenters. The molecule has 0 bridgehead atoms. The summed E-state index contributed by atoms with van der Waals surface area (Å²) in [4.78, 5) is 33.0. The number of fused-ring (bicyclic) bond motifs is 2. The lowest BCUT2D eigenvalue weighted by Crippen LogP contribution is -2.44. The molecule has 38 heavy (non-hydrogen) atoms. The van der Waals surface area contributed by atoms with Crippen molar-refractivity contribution in [2.75, 3.05) is 19.6 Å². The van der Waals surface area contributed by atoms with Crippen LogP contribution >= 0.6 is 0 Å². The van der Waals surface area contributed by atoms with E-state index in [0.717, 1.165) is 68.6 Å². The van der Waals surface area contributed by atoms with Crippen LogP contribution < -0.4 is 11.2 Å². The molecular weight excluding hydrogens is 472 g/mol. The molecule has 2 aromatic heterocycles. The zero-order valence-corrected chi connectivity index (χ0v) is 22.4. The molecular formula is C32H38N4O2. The number of aromatic nitrogens is 3. The molecule has 4 heterocycles. The molecule has 4 aromatic rings. The van der Waals surface area contributed by atoms with Gasteiger partial charge in [-0.3, -0.25) is 13.9 Å². The van der Waals surface area contributed by atoms with Gasteiger partial charge in [-0.25, -0.2) is 4.79 Å². The third-order valence-corrected chi connectivity index (χ3v) is 8.59. The van der Waals surface area contributed by atoms with Gasteiger partial charge in [-0.2, -0.15) is 0 Å². The van der Waals surface area contributed by atoms with Crippen LogP contribution in [0.5, 0.6) is 0 Å². The van der Waals surface area contributed by atoms with Gasteiger partial charge in [-0.05, 0) is 88.1 Å². The fraction of sp³-hybridized carbons (Fsp3) is 0.438. The molecule has 198 valence electrons. The maximum absolute atomic E-state index is 13.7. The molecule has 2 aromatic carbocycles. The molecule has 0 aliphatic carbocycles. The van der Waals surface area contributed by atoms with Crippen molar-refractivity contribution in [3.63, 3.8) is 0 Å². The van der Waals surface area contributed by atoms with E-state index in [0.29, 0.717) is 19.0 Å². The molecule has 0 saturated carbocycles. The number of benzene rings is 2. The van der Waals surface area contributed by atoms with Crippen LogP contribution in [-0.4, -0.2) is 38.7 Å². The summed E-state index contributed by atoms with van der Waals surface area (Å²) in [6.07, 6.45) is 9.24. The number of piperidine rings is 1. The Balaban J connectivity index is 1.15. The van der Waals surface area contributed by atoms with Gasteiger partial charge in [-0.15, -0.1) is 0 Å². The normalized spacial score (nSPS) is 18.1. The van der Waals surface area contributed by atoms with Crippen LogP contribution in [0.25, 0.3) is 22.0 Å². The highest BCUT2D eigenvalue weighted by Crippen LogP contribution is 2.32. The lowest BCUT2D eigenvalue weighted by molar-refractivity contribution is 0.204. The van der Waals surface area contributed by atoms with Gasteiger partial charge in [0.25, 0.3) is 5.56 Å². The number of hydrogen-bond donors (Lipinski definition) is 1. The standard InChI is InChI=1S/C32H38N4O2/c1-23-13-15-24(16-14-23)30-29-12-4-5-19-35(29)32(38)36(31(30)37)20-7-6-17-34-18-8-9-25(22-34)27-21-33-28-11-3-2-10-26(27)28/h2-3,10-11,13-16,21,25,33H,4-9,12,17-20,22H2,1H3. The van der Waals surface area contributed by atoms with Crippen LogP contribution in [0.2, 0.25) is 0 Å². The predicted molar refractivity (Wildman–Crippen MR) is 154 cm³/mol. The van der Waals surface area contributed by atoms with Crippen LogP contribution in [0, 0.1) is 6.92 Å². The maximum Gasteiger partial charge on any atom is 0.331 e. The van der Waals surface area contributed by atoms with E-state index < -0.39 is 0 Å². The second-order valence-corrected chi connectivity index (χ2v) is 11.2. The summed E-state index contributed by atoms with van der Waals surface area (Å²) >= 11 is 0. The van der Waals surface area contributed by atoms with Crippen LogP contribution in [-0.2, 0) is 19.5 Å².